The summed E-state index contributed by atoms with van der Waals surface area (Å²) in [6, 6.07) is 8.63. The molecular weight excluding hydrogens is 415 g/mol. The molecule has 0 bridgehead atoms. The van der Waals surface area contributed by atoms with Gasteiger partial charge in [-0.15, -0.1) is 0 Å². The molecule has 6 nitrogen and oxygen atoms in total. The van der Waals surface area contributed by atoms with Crippen LogP contribution in [0.5, 0.6) is 0 Å². The van der Waals surface area contributed by atoms with Crippen molar-refractivity contribution in [2.45, 2.75) is 25.2 Å². The molecule has 1 aliphatic heterocycles. The number of rotatable bonds is 4. The standard InChI is InChI=1S/C26H25FN6/c27-22-7-2-1-6-18(22)21-15-29-9-8-19(21)25-31-23-16-30-14-20(17-4-3-5-17)24(23)26(32-25)33-12-10-28-11-13-33/h1-2,6-9,14-17,28H,3-5,10-13H2. The summed E-state index contributed by atoms with van der Waals surface area (Å²) in [5.41, 5.74) is 4.04. The van der Waals surface area contributed by atoms with Gasteiger partial charge in [0.25, 0.3) is 0 Å². The summed E-state index contributed by atoms with van der Waals surface area (Å²) >= 11 is 0. The Morgan fingerprint density at radius 3 is 2.52 bits per heavy atom. The van der Waals surface area contributed by atoms with Gasteiger partial charge in [0, 0.05) is 66.8 Å². The Hall–Kier alpha value is -3.45. The van der Waals surface area contributed by atoms with Gasteiger partial charge in [-0.1, -0.05) is 24.6 Å². The first kappa shape index (κ1) is 20.2. The Balaban J connectivity index is 1.58. The first-order valence-electron chi connectivity index (χ1n) is 11.6. The minimum atomic E-state index is -0.288. The van der Waals surface area contributed by atoms with Crippen LogP contribution in [0.15, 0.2) is 55.1 Å². The van der Waals surface area contributed by atoms with Gasteiger partial charge in [-0.05, 0) is 36.5 Å². The number of anilines is 1. The van der Waals surface area contributed by atoms with Gasteiger partial charge in [-0.3, -0.25) is 9.97 Å². The highest BCUT2D eigenvalue weighted by atomic mass is 19.1. The minimum Gasteiger partial charge on any atom is -0.353 e. The number of aromatic nitrogens is 4. The number of benzene rings is 1. The van der Waals surface area contributed by atoms with E-state index >= 15 is 0 Å². The molecule has 1 saturated carbocycles. The van der Waals surface area contributed by atoms with Crippen LogP contribution < -0.4 is 10.2 Å². The Bertz CT molecular complexity index is 1310. The van der Waals surface area contributed by atoms with Gasteiger partial charge >= 0.3 is 0 Å². The number of hydrogen-bond donors (Lipinski definition) is 1. The molecule has 0 spiro atoms. The van der Waals surface area contributed by atoms with E-state index in [1.165, 1.54) is 30.9 Å². The number of nitrogens with zero attached hydrogens (tertiary/aromatic N) is 5. The lowest BCUT2D eigenvalue weighted by Crippen LogP contribution is -2.44. The molecule has 7 heteroatoms. The maximum atomic E-state index is 14.7. The zero-order valence-corrected chi connectivity index (χ0v) is 18.3. The smallest absolute Gasteiger partial charge is 0.162 e. The Morgan fingerprint density at radius 2 is 1.73 bits per heavy atom. The molecule has 2 fully saturated rings. The SMILES string of the molecule is Fc1ccccc1-c1cnccc1-c1nc(N2CCNCC2)c2c(C3CCC3)cncc2n1. The summed E-state index contributed by atoms with van der Waals surface area (Å²) in [4.78, 5) is 21.2. The summed E-state index contributed by atoms with van der Waals surface area (Å²) in [5.74, 6) is 1.76. The van der Waals surface area contributed by atoms with Crippen molar-refractivity contribution in [3.63, 3.8) is 0 Å². The average Bonchev–Trinajstić information content (AvgIpc) is 2.83. The van der Waals surface area contributed by atoms with Gasteiger partial charge in [0.05, 0.1) is 11.7 Å². The molecule has 6 rings (SSSR count). The normalized spacial score (nSPS) is 16.7. The topological polar surface area (TPSA) is 66.8 Å². The quantitative estimate of drug-likeness (QED) is 0.501. The van der Waals surface area contributed by atoms with Crippen molar-refractivity contribution in [1.82, 2.24) is 25.3 Å². The van der Waals surface area contributed by atoms with Crippen LogP contribution in [0.4, 0.5) is 10.2 Å². The minimum absolute atomic E-state index is 0.288. The summed E-state index contributed by atoms with van der Waals surface area (Å²) in [6.45, 7) is 3.60. The molecule has 1 aliphatic carbocycles. The van der Waals surface area contributed by atoms with Gasteiger partial charge in [0.2, 0.25) is 0 Å². The highest BCUT2D eigenvalue weighted by Crippen LogP contribution is 2.42. The molecule has 1 N–H and O–H groups in total. The molecule has 3 aromatic heterocycles. The Labute approximate surface area is 191 Å². The molecule has 0 atom stereocenters. The fourth-order valence-corrected chi connectivity index (χ4v) is 4.83. The fourth-order valence-electron chi connectivity index (χ4n) is 4.83. The van der Waals surface area contributed by atoms with E-state index in [1.54, 1.807) is 24.5 Å². The van der Waals surface area contributed by atoms with Gasteiger partial charge < -0.3 is 10.2 Å². The molecule has 1 aromatic carbocycles. The summed E-state index contributed by atoms with van der Waals surface area (Å²) < 4.78 is 14.7. The predicted octanol–water partition coefficient (Wildman–Crippen LogP) is 4.57. The molecule has 0 unspecified atom stereocenters. The molecule has 33 heavy (non-hydrogen) atoms. The number of halogens is 1. The van der Waals surface area contributed by atoms with E-state index in [2.05, 4.69) is 20.2 Å². The molecule has 0 amide bonds. The van der Waals surface area contributed by atoms with Crippen molar-refractivity contribution >= 4 is 16.7 Å². The summed E-state index contributed by atoms with van der Waals surface area (Å²) in [5, 5.41) is 4.54. The van der Waals surface area contributed by atoms with Crippen molar-refractivity contribution in [1.29, 1.82) is 0 Å². The van der Waals surface area contributed by atoms with Crippen molar-refractivity contribution < 1.29 is 4.39 Å². The van der Waals surface area contributed by atoms with Gasteiger partial charge in [0.15, 0.2) is 5.82 Å². The highest BCUT2D eigenvalue weighted by Gasteiger charge is 2.27. The molecule has 1 saturated heterocycles. The van der Waals surface area contributed by atoms with Crippen LogP contribution in [-0.4, -0.2) is 46.1 Å². The zero-order valence-electron chi connectivity index (χ0n) is 18.3. The third-order valence-corrected chi connectivity index (χ3v) is 6.80. The predicted molar refractivity (Wildman–Crippen MR) is 128 cm³/mol. The van der Waals surface area contributed by atoms with Gasteiger partial charge in [-0.2, -0.15) is 0 Å². The van der Waals surface area contributed by atoms with E-state index in [0.717, 1.165) is 48.5 Å². The largest absolute Gasteiger partial charge is 0.353 e. The average molecular weight is 441 g/mol. The first-order chi connectivity index (χ1) is 16.3. The molecular formula is C26H25FN6. The lowest BCUT2D eigenvalue weighted by molar-refractivity contribution is 0.421. The monoisotopic (exact) mass is 440 g/mol. The molecule has 0 radical (unpaired) electrons. The van der Waals surface area contributed by atoms with E-state index in [4.69, 9.17) is 9.97 Å². The Morgan fingerprint density at radius 1 is 0.879 bits per heavy atom. The summed E-state index contributed by atoms with van der Waals surface area (Å²) in [6.07, 6.45) is 10.9. The zero-order chi connectivity index (χ0) is 22.2. The van der Waals surface area contributed by atoms with Crippen LogP contribution in [0, 0.1) is 5.82 Å². The van der Waals surface area contributed by atoms with E-state index in [9.17, 15) is 4.39 Å². The van der Waals surface area contributed by atoms with Crippen LogP contribution in [0.25, 0.3) is 33.4 Å². The van der Waals surface area contributed by atoms with Crippen LogP contribution in [-0.2, 0) is 0 Å². The van der Waals surface area contributed by atoms with Gasteiger partial charge in [-0.25, -0.2) is 14.4 Å². The van der Waals surface area contributed by atoms with Crippen LogP contribution in [0.1, 0.15) is 30.7 Å². The number of pyridine rings is 2. The number of nitrogens with one attached hydrogen (secondary N) is 1. The van der Waals surface area contributed by atoms with Crippen LogP contribution >= 0.6 is 0 Å². The van der Waals surface area contributed by atoms with Crippen molar-refractivity contribution in [2.24, 2.45) is 0 Å². The van der Waals surface area contributed by atoms with E-state index < -0.39 is 0 Å². The second-order valence-corrected chi connectivity index (χ2v) is 8.76. The lowest BCUT2D eigenvalue weighted by Gasteiger charge is -2.32. The van der Waals surface area contributed by atoms with E-state index in [0.29, 0.717) is 22.9 Å². The maximum Gasteiger partial charge on any atom is 0.162 e. The maximum absolute atomic E-state index is 14.7. The second-order valence-electron chi connectivity index (χ2n) is 8.76. The fraction of sp³-hybridized carbons (Fsp3) is 0.308. The third kappa shape index (κ3) is 3.62. The van der Waals surface area contributed by atoms with Gasteiger partial charge in [0.1, 0.15) is 11.6 Å². The highest BCUT2D eigenvalue weighted by molar-refractivity contribution is 5.95. The van der Waals surface area contributed by atoms with Crippen LogP contribution in [0.3, 0.4) is 0 Å². The number of hydrogen-bond acceptors (Lipinski definition) is 6. The Kier molecular flexibility index (Phi) is 5.19. The molecule has 4 aromatic rings. The van der Waals surface area contributed by atoms with Crippen molar-refractivity contribution in [2.75, 3.05) is 31.1 Å². The number of fused-ring (bicyclic) bond motifs is 1. The lowest BCUT2D eigenvalue weighted by atomic mass is 9.79. The first-order valence-corrected chi connectivity index (χ1v) is 11.6. The van der Waals surface area contributed by atoms with Crippen molar-refractivity contribution in [3.8, 4) is 22.5 Å². The molecule has 166 valence electrons. The van der Waals surface area contributed by atoms with E-state index in [1.807, 2.05) is 24.5 Å². The third-order valence-electron chi connectivity index (χ3n) is 6.80. The molecule has 4 heterocycles. The number of piperazine rings is 1. The van der Waals surface area contributed by atoms with Crippen molar-refractivity contribution in [3.05, 3.63) is 66.5 Å². The summed E-state index contributed by atoms with van der Waals surface area (Å²) in [7, 11) is 0. The second kappa shape index (κ2) is 8.48. The van der Waals surface area contributed by atoms with E-state index in [-0.39, 0.29) is 5.82 Å². The molecule has 2 aliphatic rings. The van der Waals surface area contributed by atoms with Crippen LogP contribution in [0.2, 0.25) is 0 Å².